The van der Waals surface area contributed by atoms with Gasteiger partial charge in [-0.15, -0.1) is 12.4 Å². The molecule has 6 nitrogen and oxygen atoms in total. The molecular weight excluding hydrogens is 361 g/mol. The highest BCUT2D eigenvalue weighted by atomic mass is 35.5. The van der Waals surface area contributed by atoms with E-state index in [9.17, 15) is 4.79 Å². The first-order valence-corrected chi connectivity index (χ1v) is 8.79. The normalized spacial score (nSPS) is 17.6. The number of carbonyl (C=O) groups is 1. The molecule has 2 aromatic heterocycles. The van der Waals surface area contributed by atoms with Crippen LogP contribution in [-0.4, -0.2) is 35.0 Å². The summed E-state index contributed by atoms with van der Waals surface area (Å²) in [5, 5.41) is 4.42. The van der Waals surface area contributed by atoms with Crippen molar-refractivity contribution in [3.8, 4) is 0 Å². The Kier molecular flexibility index (Phi) is 6.54. The van der Waals surface area contributed by atoms with Crippen LogP contribution in [0.4, 0.5) is 11.4 Å². The molecule has 4 N–H and O–H groups in total. The quantitative estimate of drug-likeness (QED) is 0.750. The Morgan fingerprint density at radius 1 is 1.56 bits per heavy atom. The van der Waals surface area contributed by atoms with E-state index >= 15 is 0 Å². The van der Waals surface area contributed by atoms with Crippen LogP contribution in [0.5, 0.6) is 0 Å². The molecule has 3 heterocycles. The van der Waals surface area contributed by atoms with Gasteiger partial charge in [-0.05, 0) is 18.8 Å². The Labute approximate surface area is 158 Å². The van der Waals surface area contributed by atoms with Crippen LogP contribution in [0.15, 0.2) is 12.4 Å². The smallest absolute Gasteiger partial charge is 0.224 e. The van der Waals surface area contributed by atoms with Crippen molar-refractivity contribution in [1.82, 2.24) is 9.97 Å². The van der Waals surface area contributed by atoms with Crippen molar-refractivity contribution in [2.24, 2.45) is 11.7 Å². The van der Waals surface area contributed by atoms with Crippen LogP contribution in [0.2, 0.25) is 5.02 Å². The van der Waals surface area contributed by atoms with Gasteiger partial charge in [-0.1, -0.05) is 25.4 Å². The van der Waals surface area contributed by atoms with Crippen molar-refractivity contribution in [1.29, 1.82) is 0 Å². The van der Waals surface area contributed by atoms with E-state index in [1.807, 2.05) is 13.8 Å². The highest BCUT2D eigenvalue weighted by Gasteiger charge is 2.24. The Balaban J connectivity index is 0.00000225. The fourth-order valence-electron chi connectivity index (χ4n) is 3.25. The molecule has 1 aliphatic rings. The number of amides is 1. The molecule has 2 aromatic rings. The lowest BCUT2D eigenvalue weighted by Gasteiger charge is -2.33. The summed E-state index contributed by atoms with van der Waals surface area (Å²) in [6, 6.07) is 0.135. The summed E-state index contributed by atoms with van der Waals surface area (Å²) in [5.74, 6) is 0.295. The average molecular weight is 386 g/mol. The maximum atomic E-state index is 12.2. The molecule has 0 saturated carbocycles. The zero-order chi connectivity index (χ0) is 17.3. The van der Waals surface area contributed by atoms with Crippen LogP contribution in [-0.2, 0) is 4.79 Å². The Morgan fingerprint density at radius 3 is 3.00 bits per heavy atom. The molecule has 0 aromatic carbocycles. The van der Waals surface area contributed by atoms with Crippen molar-refractivity contribution >= 4 is 52.3 Å². The maximum absolute atomic E-state index is 12.2. The lowest BCUT2D eigenvalue weighted by atomic mass is 10.1. The van der Waals surface area contributed by atoms with Gasteiger partial charge in [-0.2, -0.15) is 0 Å². The second-order valence-electron chi connectivity index (χ2n) is 6.88. The molecule has 8 heteroatoms. The van der Waals surface area contributed by atoms with Crippen LogP contribution >= 0.6 is 24.0 Å². The average Bonchev–Trinajstić information content (AvgIpc) is 2.89. The van der Waals surface area contributed by atoms with Gasteiger partial charge in [0.15, 0.2) is 0 Å². The van der Waals surface area contributed by atoms with Crippen LogP contribution < -0.4 is 16.0 Å². The highest BCUT2D eigenvalue weighted by molar-refractivity contribution is 6.35. The molecule has 1 saturated heterocycles. The predicted molar refractivity (Wildman–Crippen MR) is 106 cm³/mol. The number of hydrogen-bond acceptors (Lipinski definition) is 4. The van der Waals surface area contributed by atoms with Crippen LogP contribution in [0.25, 0.3) is 11.0 Å². The number of nitrogens with zero attached hydrogens (tertiary/aromatic N) is 2. The molecule has 0 bridgehead atoms. The van der Waals surface area contributed by atoms with Crippen LogP contribution in [0.3, 0.4) is 0 Å². The van der Waals surface area contributed by atoms with Crippen molar-refractivity contribution in [2.75, 3.05) is 23.3 Å². The lowest BCUT2D eigenvalue weighted by Crippen LogP contribution is -2.43. The fourth-order valence-corrected chi connectivity index (χ4v) is 3.51. The molecule has 1 unspecified atom stereocenters. The minimum atomic E-state index is -0.00725. The molecule has 138 valence electrons. The van der Waals surface area contributed by atoms with E-state index in [1.54, 1.807) is 12.4 Å². The third kappa shape index (κ3) is 4.37. The number of pyridine rings is 1. The number of nitrogens with one attached hydrogen (secondary N) is 2. The number of H-pyrrole nitrogens is 1. The summed E-state index contributed by atoms with van der Waals surface area (Å²) in [5.41, 5.74) is 8.47. The van der Waals surface area contributed by atoms with Crippen LogP contribution in [0.1, 0.15) is 33.1 Å². The van der Waals surface area contributed by atoms with Gasteiger partial charge >= 0.3 is 0 Å². The van der Waals surface area contributed by atoms with Gasteiger partial charge in [0.05, 0.1) is 28.0 Å². The minimum Gasteiger partial charge on any atom is -0.368 e. The number of carbonyl (C=O) groups excluding carboxylic acids is 1. The first kappa shape index (κ1) is 19.8. The highest BCUT2D eigenvalue weighted by Crippen LogP contribution is 2.38. The van der Waals surface area contributed by atoms with E-state index in [2.05, 4.69) is 20.2 Å². The van der Waals surface area contributed by atoms with E-state index in [0.717, 1.165) is 42.7 Å². The number of nitrogens with two attached hydrogens (primary N) is 1. The predicted octanol–water partition coefficient (Wildman–Crippen LogP) is 3.55. The van der Waals surface area contributed by atoms with E-state index < -0.39 is 0 Å². The van der Waals surface area contributed by atoms with Crippen LogP contribution in [0, 0.1) is 5.92 Å². The van der Waals surface area contributed by atoms with Gasteiger partial charge in [0, 0.05) is 31.7 Å². The zero-order valence-electron chi connectivity index (χ0n) is 14.5. The summed E-state index contributed by atoms with van der Waals surface area (Å²) in [6.07, 6.45) is 5.95. The van der Waals surface area contributed by atoms with Crippen molar-refractivity contribution in [3.05, 3.63) is 17.4 Å². The summed E-state index contributed by atoms with van der Waals surface area (Å²) in [6.45, 7) is 5.70. The van der Waals surface area contributed by atoms with E-state index in [1.165, 1.54) is 0 Å². The van der Waals surface area contributed by atoms with Gasteiger partial charge in [-0.3, -0.25) is 4.79 Å². The second-order valence-corrected chi connectivity index (χ2v) is 7.28. The Hall–Kier alpha value is -1.50. The standard InChI is InChI=1S/C17H24ClN5O.ClH/c1-10(2)6-14(24)22-13-8-21-17-15(13)16(12(18)7-20-17)23-5-3-4-11(19)9-23;/h7-8,10-11H,3-6,9,19H2,1-2H3,(H,20,21)(H,22,24);1H. The largest absolute Gasteiger partial charge is 0.368 e. The summed E-state index contributed by atoms with van der Waals surface area (Å²) in [7, 11) is 0. The van der Waals surface area contributed by atoms with Crippen molar-refractivity contribution < 1.29 is 4.79 Å². The first-order chi connectivity index (χ1) is 11.5. The summed E-state index contributed by atoms with van der Waals surface area (Å²) < 4.78 is 0. The number of hydrogen-bond donors (Lipinski definition) is 3. The maximum Gasteiger partial charge on any atom is 0.224 e. The molecule has 1 atom stereocenters. The molecule has 1 aliphatic heterocycles. The Bertz CT molecular complexity index is 746. The number of piperidine rings is 1. The topological polar surface area (TPSA) is 87.0 Å². The van der Waals surface area contributed by atoms with Gasteiger partial charge in [-0.25, -0.2) is 4.98 Å². The fraction of sp³-hybridized carbons (Fsp3) is 0.529. The van der Waals surface area contributed by atoms with Gasteiger partial charge in [0.2, 0.25) is 5.91 Å². The number of halogens is 2. The zero-order valence-corrected chi connectivity index (χ0v) is 16.1. The Morgan fingerprint density at radius 2 is 2.32 bits per heavy atom. The summed E-state index contributed by atoms with van der Waals surface area (Å²) in [4.78, 5) is 21.8. The van der Waals surface area contributed by atoms with E-state index in [-0.39, 0.29) is 24.4 Å². The molecular formula is C17H25Cl2N5O. The molecule has 1 amide bonds. The van der Waals surface area contributed by atoms with Crippen molar-refractivity contribution in [3.63, 3.8) is 0 Å². The number of aromatic amines is 1. The van der Waals surface area contributed by atoms with Gasteiger partial charge in [0.25, 0.3) is 0 Å². The molecule has 1 fully saturated rings. The summed E-state index contributed by atoms with van der Waals surface area (Å²) >= 11 is 6.46. The second kappa shape index (κ2) is 8.25. The SMILES string of the molecule is CC(C)CC(=O)Nc1c[nH]c2ncc(Cl)c(N3CCCC(N)C3)c12.Cl. The molecule has 3 rings (SSSR count). The van der Waals surface area contributed by atoms with E-state index in [4.69, 9.17) is 17.3 Å². The van der Waals surface area contributed by atoms with E-state index in [0.29, 0.717) is 23.0 Å². The lowest BCUT2D eigenvalue weighted by molar-refractivity contribution is -0.116. The number of aromatic nitrogens is 2. The van der Waals surface area contributed by atoms with Gasteiger partial charge < -0.3 is 20.9 Å². The van der Waals surface area contributed by atoms with Crippen molar-refractivity contribution in [2.45, 2.75) is 39.2 Å². The molecule has 0 radical (unpaired) electrons. The molecule has 0 spiro atoms. The third-order valence-corrected chi connectivity index (χ3v) is 4.55. The monoisotopic (exact) mass is 385 g/mol. The van der Waals surface area contributed by atoms with Gasteiger partial charge in [0.1, 0.15) is 5.65 Å². The number of rotatable bonds is 4. The third-order valence-electron chi connectivity index (χ3n) is 4.27. The number of fused-ring (bicyclic) bond motifs is 1. The number of anilines is 2. The minimum absolute atomic E-state index is 0. The molecule has 25 heavy (non-hydrogen) atoms. The molecule has 0 aliphatic carbocycles. The first-order valence-electron chi connectivity index (χ1n) is 8.41.